The summed E-state index contributed by atoms with van der Waals surface area (Å²) in [6.45, 7) is 2.67. The molecule has 1 rings (SSSR count). The van der Waals surface area contributed by atoms with E-state index in [4.69, 9.17) is 10.6 Å². The van der Waals surface area contributed by atoms with Gasteiger partial charge in [-0.1, -0.05) is 18.2 Å². The minimum absolute atomic E-state index is 0.331. The summed E-state index contributed by atoms with van der Waals surface area (Å²) in [6.07, 6.45) is 0. The van der Waals surface area contributed by atoms with Crippen LogP contribution in [0.25, 0.3) is 5.53 Å². The van der Waals surface area contributed by atoms with Gasteiger partial charge in [-0.2, -0.15) is 4.79 Å². The van der Waals surface area contributed by atoms with Gasteiger partial charge in [0.2, 0.25) is 6.72 Å². The molecule has 0 saturated heterocycles. The van der Waals surface area contributed by atoms with Gasteiger partial charge in [0.1, 0.15) is 0 Å². The number of benzene rings is 1. The van der Waals surface area contributed by atoms with Crippen LogP contribution in [0.5, 0.6) is 0 Å². The van der Waals surface area contributed by atoms with Crippen molar-refractivity contribution in [3.63, 3.8) is 0 Å². The van der Waals surface area contributed by atoms with Crippen LogP contribution < -0.4 is 0 Å². The quantitative estimate of drug-likeness (QED) is 0.386. The first-order chi connectivity index (χ1) is 5.72. The monoisotopic (exact) mass is 164 g/mol. The maximum Gasteiger partial charge on any atom is 0.335 e. The number of nitrogens with zero attached hydrogens (tertiary/aromatic N) is 2. The van der Waals surface area contributed by atoms with E-state index in [0.29, 0.717) is 5.56 Å². The number of carbonyl (C=O) groups is 1. The van der Waals surface area contributed by atoms with Gasteiger partial charge in [0.05, 0.1) is 5.56 Å². The summed E-state index contributed by atoms with van der Waals surface area (Å²) < 4.78 is 0. The lowest BCUT2D eigenvalue weighted by atomic mass is 10.2. The highest BCUT2D eigenvalue weighted by Gasteiger charge is 1.96. The number of aromatic carboxylic acids is 1. The minimum atomic E-state index is -0.879. The molecule has 12 heavy (non-hydrogen) atoms. The molecule has 0 atom stereocenters. The standard InChI is InChI=1S/C7H6O2.CH2N2/c8-7(9)6-4-2-1-3-5-6;1-3-2/h1-5H,(H,8,9);1H2. The first-order valence-electron chi connectivity index (χ1n) is 3.10. The van der Waals surface area contributed by atoms with Crippen LogP contribution >= 0.6 is 0 Å². The van der Waals surface area contributed by atoms with Crippen LogP contribution in [0.3, 0.4) is 0 Å². The Morgan fingerprint density at radius 2 is 1.83 bits per heavy atom. The van der Waals surface area contributed by atoms with Gasteiger partial charge in [-0.25, -0.2) is 4.79 Å². The largest absolute Gasteiger partial charge is 0.478 e. The van der Waals surface area contributed by atoms with E-state index in [1.807, 2.05) is 0 Å². The lowest BCUT2D eigenvalue weighted by Gasteiger charge is -1.88. The highest BCUT2D eigenvalue weighted by molar-refractivity contribution is 5.87. The molecular weight excluding hydrogens is 156 g/mol. The predicted molar refractivity (Wildman–Crippen MR) is 44.1 cm³/mol. The molecule has 0 bridgehead atoms. The highest BCUT2D eigenvalue weighted by Crippen LogP contribution is 1.96. The van der Waals surface area contributed by atoms with E-state index in [0.717, 1.165) is 0 Å². The van der Waals surface area contributed by atoms with Crippen LogP contribution in [0.4, 0.5) is 0 Å². The number of carboxylic acids is 1. The Labute approximate surface area is 69.7 Å². The van der Waals surface area contributed by atoms with Crippen LogP contribution in [-0.2, 0) is 0 Å². The van der Waals surface area contributed by atoms with E-state index in [-0.39, 0.29) is 0 Å². The van der Waals surface area contributed by atoms with E-state index in [1.54, 1.807) is 30.3 Å². The fourth-order valence-corrected chi connectivity index (χ4v) is 0.581. The minimum Gasteiger partial charge on any atom is -0.478 e. The van der Waals surface area contributed by atoms with E-state index >= 15 is 0 Å². The van der Waals surface area contributed by atoms with Crippen molar-refractivity contribution >= 4 is 12.7 Å². The van der Waals surface area contributed by atoms with Crippen LogP contribution in [0.15, 0.2) is 30.3 Å². The summed E-state index contributed by atoms with van der Waals surface area (Å²) in [7, 11) is 0. The molecule has 0 aliphatic carbocycles. The Morgan fingerprint density at radius 3 is 2.08 bits per heavy atom. The third-order valence-corrected chi connectivity index (χ3v) is 1.02. The maximum atomic E-state index is 10.2. The average molecular weight is 164 g/mol. The second-order valence-electron chi connectivity index (χ2n) is 1.81. The van der Waals surface area contributed by atoms with E-state index < -0.39 is 5.97 Å². The summed E-state index contributed by atoms with van der Waals surface area (Å²) in [6, 6.07) is 8.30. The first-order valence-corrected chi connectivity index (χ1v) is 3.10. The Bertz CT molecular complexity index is 276. The second-order valence-corrected chi connectivity index (χ2v) is 1.81. The molecular formula is C8H8N2O2. The smallest absolute Gasteiger partial charge is 0.335 e. The molecule has 0 aliphatic rings. The SMILES string of the molecule is C=[N+]=[N-].O=C(O)c1ccccc1. The summed E-state index contributed by atoms with van der Waals surface area (Å²) in [5.74, 6) is -0.879. The third-order valence-electron chi connectivity index (χ3n) is 1.02. The summed E-state index contributed by atoms with van der Waals surface area (Å²) in [5, 5.41) is 8.38. The molecule has 0 amide bonds. The fourth-order valence-electron chi connectivity index (χ4n) is 0.581. The molecule has 0 unspecified atom stereocenters. The summed E-state index contributed by atoms with van der Waals surface area (Å²) in [4.78, 5) is 12.5. The Kier molecular flexibility index (Phi) is 4.89. The van der Waals surface area contributed by atoms with E-state index in [1.165, 1.54) is 0 Å². The Morgan fingerprint density at radius 1 is 1.42 bits per heavy atom. The van der Waals surface area contributed by atoms with Crippen molar-refractivity contribution in [1.29, 1.82) is 0 Å². The van der Waals surface area contributed by atoms with E-state index in [2.05, 4.69) is 11.5 Å². The van der Waals surface area contributed by atoms with E-state index in [9.17, 15) is 4.79 Å². The zero-order chi connectivity index (χ0) is 9.40. The first kappa shape index (κ1) is 10.1. The van der Waals surface area contributed by atoms with Crippen LogP contribution in [0.1, 0.15) is 10.4 Å². The van der Waals surface area contributed by atoms with Crippen LogP contribution in [0.2, 0.25) is 0 Å². The molecule has 0 saturated carbocycles. The Hall–Kier alpha value is -1.93. The molecule has 1 aromatic carbocycles. The van der Waals surface area contributed by atoms with Gasteiger partial charge in [0.25, 0.3) is 0 Å². The van der Waals surface area contributed by atoms with Gasteiger partial charge in [-0.05, 0) is 12.1 Å². The fraction of sp³-hybridized carbons (Fsp3) is 0. The van der Waals surface area contributed by atoms with Crippen molar-refractivity contribution in [3.05, 3.63) is 41.4 Å². The summed E-state index contributed by atoms with van der Waals surface area (Å²) >= 11 is 0. The number of carboxylic acid groups (broad SMARTS) is 1. The van der Waals surface area contributed by atoms with Crippen molar-refractivity contribution in [2.24, 2.45) is 0 Å². The number of hydrogen-bond acceptors (Lipinski definition) is 1. The van der Waals surface area contributed by atoms with Crippen LogP contribution in [0, 0.1) is 0 Å². The van der Waals surface area contributed by atoms with Crippen molar-refractivity contribution in [2.75, 3.05) is 0 Å². The molecule has 0 radical (unpaired) electrons. The number of rotatable bonds is 1. The predicted octanol–water partition coefficient (Wildman–Crippen LogP) is 1.30. The van der Waals surface area contributed by atoms with Crippen molar-refractivity contribution in [2.45, 2.75) is 0 Å². The molecule has 0 aliphatic heterocycles. The highest BCUT2D eigenvalue weighted by atomic mass is 16.4. The molecule has 62 valence electrons. The van der Waals surface area contributed by atoms with Gasteiger partial charge in [0, 0.05) is 0 Å². The summed E-state index contributed by atoms with van der Waals surface area (Å²) in [5.41, 5.74) is 7.41. The van der Waals surface area contributed by atoms with Crippen molar-refractivity contribution in [1.82, 2.24) is 0 Å². The maximum absolute atomic E-state index is 10.2. The molecule has 0 fully saturated rings. The van der Waals surface area contributed by atoms with Gasteiger partial charge < -0.3 is 10.6 Å². The molecule has 0 spiro atoms. The molecule has 4 nitrogen and oxygen atoms in total. The lowest BCUT2D eigenvalue weighted by Crippen LogP contribution is -1.93. The van der Waals surface area contributed by atoms with Crippen molar-refractivity contribution < 1.29 is 14.7 Å². The van der Waals surface area contributed by atoms with Crippen LogP contribution in [-0.4, -0.2) is 22.6 Å². The van der Waals surface area contributed by atoms with Gasteiger partial charge in [-0.3, -0.25) is 0 Å². The molecule has 0 heterocycles. The topological polar surface area (TPSA) is 73.7 Å². The molecule has 4 heteroatoms. The second kappa shape index (κ2) is 5.82. The van der Waals surface area contributed by atoms with Gasteiger partial charge >= 0.3 is 5.97 Å². The normalized spacial score (nSPS) is 7.33. The van der Waals surface area contributed by atoms with Crippen molar-refractivity contribution in [3.8, 4) is 0 Å². The van der Waals surface area contributed by atoms with Gasteiger partial charge in [-0.15, -0.1) is 0 Å². The number of hydrogen-bond donors (Lipinski definition) is 1. The lowest BCUT2D eigenvalue weighted by molar-refractivity contribution is 0.0110. The zero-order valence-electron chi connectivity index (χ0n) is 6.34. The average Bonchev–Trinajstić information content (AvgIpc) is 2.07. The zero-order valence-corrected chi connectivity index (χ0v) is 6.34. The molecule has 1 N–H and O–H groups in total. The Balaban J connectivity index is 0.000000354. The molecule has 1 aromatic rings. The third kappa shape index (κ3) is 3.98. The van der Waals surface area contributed by atoms with Gasteiger partial charge in [0.15, 0.2) is 0 Å². The molecule has 0 aromatic heterocycles.